The van der Waals surface area contributed by atoms with Gasteiger partial charge in [-0.15, -0.1) is 22.7 Å². The molecule has 176 valence electrons. The van der Waals surface area contributed by atoms with E-state index in [0.29, 0.717) is 0 Å². The lowest BCUT2D eigenvalue weighted by Crippen LogP contribution is -2.74. The van der Waals surface area contributed by atoms with Crippen LogP contribution in [0.3, 0.4) is 0 Å². The van der Waals surface area contributed by atoms with E-state index in [1.165, 1.54) is 20.7 Å². The van der Waals surface area contributed by atoms with Crippen molar-refractivity contribution in [3.05, 3.63) is 120 Å². The molecule has 8 rings (SSSR count). The number of aromatic nitrogens is 4. The zero-order chi connectivity index (χ0) is 24.4. The van der Waals surface area contributed by atoms with Gasteiger partial charge in [-0.05, 0) is 45.0 Å². The molecule has 0 N–H and O–H groups in total. The Morgan fingerprint density at radius 1 is 0.514 bits per heavy atom. The second-order valence-corrected chi connectivity index (χ2v) is 14.8. The minimum absolute atomic E-state index is 1.03. The van der Waals surface area contributed by atoms with E-state index in [-0.39, 0.29) is 0 Å². The fraction of sp³-hybridized carbons (Fsp3) is 0. The molecule has 0 fully saturated rings. The van der Waals surface area contributed by atoms with Gasteiger partial charge in [-0.25, -0.2) is 9.97 Å². The molecule has 0 saturated carbocycles. The Balaban J connectivity index is 1.53. The van der Waals surface area contributed by atoms with Crippen molar-refractivity contribution in [2.24, 2.45) is 0 Å². The molecule has 0 aliphatic carbocycles. The average Bonchev–Trinajstić information content (AvgIpc) is 3.72. The first-order valence-corrected chi connectivity index (χ1v) is 15.9. The van der Waals surface area contributed by atoms with E-state index in [4.69, 9.17) is 9.97 Å². The number of benzene rings is 4. The van der Waals surface area contributed by atoms with Gasteiger partial charge in [-0.1, -0.05) is 72.8 Å². The molecular formula is C30H20N4S2Si. The average molecular weight is 529 g/mol. The lowest BCUT2D eigenvalue weighted by molar-refractivity contribution is 1.28. The zero-order valence-corrected chi connectivity index (χ0v) is 22.3. The predicted molar refractivity (Wildman–Crippen MR) is 158 cm³/mol. The van der Waals surface area contributed by atoms with Crippen LogP contribution in [0.5, 0.6) is 0 Å². The number of thiazole rings is 2. The summed E-state index contributed by atoms with van der Waals surface area (Å²) in [5.41, 5.74) is 4.38. The Morgan fingerprint density at radius 3 is 1.43 bits per heavy atom. The van der Waals surface area contributed by atoms with Gasteiger partial charge in [0.15, 0.2) is 18.0 Å². The summed E-state index contributed by atoms with van der Waals surface area (Å²) in [6.07, 6.45) is 4.25. The summed E-state index contributed by atoms with van der Waals surface area (Å²) in [5, 5.41) is 9.61. The van der Waals surface area contributed by atoms with E-state index in [0.717, 1.165) is 32.0 Å². The van der Waals surface area contributed by atoms with Crippen molar-refractivity contribution in [2.75, 3.05) is 0 Å². The third-order valence-corrected chi connectivity index (χ3v) is 13.6. The molecular weight excluding hydrogens is 509 g/mol. The van der Waals surface area contributed by atoms with E-state index in [1.807, 2.05) is 0 Å². The maximum absolute atomic E-state index is 4.87. The Bertz CT molecular complexity index is 1900. The van der Waals surface area contributed by atoms with Crippen molar-refractivity contribution < 1.29 is 0 Å². The first kappa shape index (κ1) is 21.1. The first-order chi connectivity index (χ1) is 18.3. The minimum Gasteiger partial charge on any atom is -0.290 e. The molecule has 4 aromatic carbocycles. The van der Waals surface area contributed by atoms with Crippen LogP contribution < -0.4 is 20.7 Å². The normalized spacial score (nSPS) is 12.3. The van der Waals surface area contributed by atoms with Crippen LogP contribution in [-0.4, -0.2) is 26.8 Å². The van der Waals surface area contributed by atoms with Gasteiger partial charge in [-0.2, -0.15) is 0 Å². The molecule has 0 aliphatic rings. The monoisotopic (exact) mass is 528 g/mol. The fourth-order valence-corrected chi connectivity index (χ4v) is 12.0. The number of rotatable bonds is 4. The van der Waals surface area contributed by atoms with Gasteiger partial charge in [0, 0.05) is 23.2 Å². The van der Waals surface area contributed by atoms with Crippen molar-refractivity contribution in [3.63, 3.8) is 0 Å². The van der Waals surface area contributed by atoms with Crippen LogP contribution in [0.25, 0.3) is 32.0 Å². The fourth-order valence-electron chi connectivity index (χ4n) is 5.74. The van der Waals surface area contributed by atoms with Crippen molar-refractivity contribution in [1.29, 1.82) is 0 Å². The number of imidazole rings is 2. The summed E-state index contributed by atoms with van der Waals surface area (Å²) < 4.78 is 4.43. The van der Waals surface area contributed by atoms with Crippen LogP contribution in [0.4, 0.5) is 0 Å². The highest BCUT2D eigenvalue weighted by Gasteiger charge is 2.42. The molecule has 0 spiro atoms. The number of hydrogen-bond acceptors (Lipinski definition) is 4. The van der Waals surface area contributed by atoms with Gasteiger partial charge in [0.25, 0.3) is 0 Å². The standard InChI is InChI=1S/C30H20N4S2Si/c1-3-7-21(8-4-1)37(22-9-5-2-6-10-22,23-11-13-25-27(19-23)33-15-17-35-29(33)31-25)24-12-14-26-28(20-24)34-16-18-36-30(34)32-26/h1-20H. The van der Waals surface area contributed by atoms with Crippen LogP contribution in [0.15, 0.2) is 120 Å². The summed E-state index contributed by atoms with van der Waals surface area (Å²) in [4.78, 5) is 11.8. The Morgan fingerprint density at radius 2 is 0.973 bits per heavy atom. The SMILES string of the molecule is c1ccc([Si](c2ccccc2)(c2ccc3nc4sccn4c3c2)c2ccc3nc4sccn4c3c2)cc1. The molecule has 4 heterocycles. The highest BCUT2D eigenvalue weighted by molar-refractivity contribution is 7.20. The van der Waals surface area contributed by atoms with E-state index < -0.39 is 8.07 Å². The first-order valence-electron chi connectivity index (χ1n) is 12.1. The Labute approximate surface area is 221 Å². The summed E-state index contributed by atoms with van der Waals surface area (Å²) in [5.74, 6) is 0. The molecule has 8 aromatic rings. The van der Waals surface area contributed by atoms with E-state index in [2.05, 4.69) is 129 Å². The molecule has 0 bridgehead atoms. The van der Waals surface area contributed by atoms with Crippen molar-refractivity contribution >= 4 is 83.5 Å². The number of fused-ring (bicyclic) bond motifs is 6. The van der Waals surface area contributed by atoms with Gasteiger partial charge >= 0.3 is 0 Å². The third-order valence-electron chi connectivity index (χ3n) is 7.36. The Hall–Kier alpha value is -4.04. The van der Waals surface area contributed by atoms with Gasteiger partial charge < -0.3 is 0 Å². The van der Waals surface area contributed by atoms with Crippen LogP contribution >= 0.6 is 22.7 Å². The summed E-state index contributed by atoms with van der Waals surface area (Å²) >= 11 is 3.35. The van der Waals surface area contributed by atoms with Crippen LogP contribution in [0.1, 0.15) is 0 Å². The number of nitrogens with zero attached hydrogens (tertiary/aromatic N) is 4. The zero-order valence-electron chi connectivity index (χ0n) is 19.7. The Kier molecular flexibility index (Phi) is 4.55. The van der Waals surface area contributed by atoms with Crippen LogP contribution in [0.2, 0.25) is 0 Å². The quantitative estimate of drug-likeness (QED) is 0.243. The molecule has 4 aromatic heterocycles. The molecule has 0 aliphatic heterocycles. The molecule has 0 amide bonds. The lowest BCUT2D eigenvalue weighted by atomic mass is 10.3. The molecule has 4 nitrogen and oxygen atoms in total. The highest BCUT2D eigenvalue weighted by atomic mass is 32.1. The third kappa shape index (κ3) is 2.99. The predicted octanol–water partition coefficient (Wildman–Crippen LogP) is 4.79. The van der Waals surface area contributed by atoms with E-state index in [9.17, 15) is 0 Å². The highest BCUT2D eigenvalue weighted by Crippen LogP contribution is 2.23. The molecule has 0 unspecified atom stereocenters. The largest absolute Gasteiger partial charge is 0.290 e. The van der Waals surface area contributed by atoms with Crippen LogP contribution in [-0.2, 0) is 0 Å². The summed E-state index contributed by atoms with van der Waals surface area (Å²) in [6, 6.07) is 35.9. The molecule has 0 radical (unpaired) electrons. The van der Waals surface area contributed by atoms with Gasteiger partial charge in [0.05, 0.1) is 22.1 Å². The smallest absolute Gasteiger partial charge is 0.194 e. The number of hydrogen-bond donors (Lipinski definition) is 0. The van der Waals surface area contributed by atoms with E-state index >= 15 is 0 Å². The molecule has 37 heavy (non-hydrogen) atoms. The van der Waals surface area contributed by atoms with E-state index in [1.54, 1.807) is 22.7 Å². The van der Waals surface area contributed by atoms with Crippen LogP contribution in [0, 0.1) is 0 Å². The second-order valence-electron chi connectivity index (χ2n) is 9.22. The van der Waals surface area contributed by atoms with Gasteiger partial charge in [0.1, 0.15) is 0 Å². The summed E-state index contributed by atoms with van der Waals surface area (Å²) in [7, 11) is -2.69. The maximum Gasteiger partial charge on any atom is 0.194 e. The maximum atomic E-state index is 4.87. The topological polar surface area (TPSA) is 34.6 Å². The second kappa shape index (κ2) is 7.98. The van der Waals surface area contributed by atoms with Crippen molar-refractivity contribution in [1.82, 2.24) is 18.8 Å². The molecule has 7 heteroatoms. The molecule has 0 saturated heterocycles. The summed E-state index contributed by atoms with van der Waals surface area (Å²) in [6.45, 7) is 0. The van der Waals surface area contributed by atoms with Gasteiger partial charge in [-0.3, -0.25) is 8.80 Å². The minimum atomic E-state index is -2.69. The lowest BCUT2D eigenvalue weighted by Gasteiger charge is -2.34. The molecule has 0 atom stereocenters. The van der Waals surface area contributed by atoms with Crippen molar-refractivity contribution in [3.8, 4) is 0 Å². The van der Waals surface area contributed by atoms with Crippen molar-refractivity contribution in [2.45, 2.75) is 0 Å². The van der Waals surface area contributed by atoms with Gasteiger partial charge in [0.2, 0.25) is 0 Å².